The molecule has 2 aromatic carbocycles. The number of anilines is 1. The maximum atomic E-state index is 15.7. The average Bonchev–Trinajstić information content (AvgIpc) is 3.97. The van der Waals surface area contributed by atoms with Crippen molar-refractivity contribution in [2.45, 2.75) is 6.54 Å². The van der Waals surface area contributed by atoms with Crippen molar-refractivity contribution in [1.29, 1.82) is 0 Å². The number of aromatic amines is 1. The molecule has 262 valence electrons. The van der Waals surface area contributed by atoms with Crippen LogP contribution in [0.4, 0.5) is 49.4 Å². The molecule has 3 aliphatic heterocycles. The van der Waals surface area contributed by atoms with Crippen molar-refractivity contribution in [2.24, 2.45) is 4.99 Å². The number of rotatable bonds is 7. The van der Waals surface area contributed by atoms with E-state index in [-0.39, 0.29) is 27.3 Å². The van der Waals surface area contributed by atoms with Crippen LogP contribution in [0.2, 0.25) is 0 Å². The fraction of sp³-hybridized carbons (Fsp3) is 0.0303. The highest BCUT2D eigenvalue weighted by atomic mass is 19.2. The minimum atomic E-state index is -4.49. The molecule has 6 heterocycles. The topological polar surface area (TPSA) is 78.8 Å². The molecular formula is C33H17BF10N8. The summed E-state index contributed by atoms with van der Waals surface area (Å²) >= 11 is 0. The SMILES string of the molecule is Fc1c(F)c(C(=C2C=CC=N2)c2ccc[nH]2)c(F)c(F)c1NCc1cn(-c2c(F)c(F)c(C3=C4C=CC=[N+]4[B-](F)(F)n4cccc43)c(F)c2F)nn1. The second-order valence-corrected chi connectivity index (χ2v) is 11.5. The van der Waals surface area contributed by atoms with Gasteiger partial charge in [0.05, 0.1) is 35.1 Å². The van der Waals surface area contributed by atoms with Gasteiger partial charge in [-0.1, -0.05) is 5.21 Å². The molecule has 0 spiro atoms. The molecule has 0 atom stereocenters. The summed E-state index contributed by atoms with van der Waals surface area (Å²) in [6, 6.07) is 5.19. The average molecular weight is 726 g/mol. The van der Waals surface area contributed by atoms with Gasteiger partial charge in [0, 0.05) is 41.5 Å². The largest absolute Gasteiger partial charge is 0.737 e. The monoisotopic (exact) mass is 726 g/mol. The van der Waals surface area contributed by atoms with Crippen LogP contribution in [0.3, 0.4) is 0 Å². The fourth-order valence-electron chi connectivity index (χ4n) is 6.32. The van der Waals surface area contributed by atoms with E-state index < -0.39 is 99.5 Å². The van der Waals surface area contributed by atoms with Crippen LogP contribution in [0.5, 0.6) is 0 Å². The summed E-state index contributed by atoms with van der Waals surface area (Å²) in [4.78, 5) is 6.71. The van der Waals surface area contributed by atoms with Gasteiger partial charge < -0.3 is 27.9 Å². The number of aliphatic imine (C=N–C) groups is 1. The van der Waals surface area contributed by atoms with Crippen molar-refractivity contribution in [3.05, 3.63) is 153 Å². The summed E-state index contributed by atoms with van der Waals surface area (Å²) in [7, 11) is 0. The predicted octanol–water partition coefficient (Wildman–Crippen LogP) is 7.17. The lowest BCUT2D eigenvalue weighted by Gasteiger charge is -2.31. The molecule has 5 aromatic rings. The van der Waals surface area contributed by atoms with Crippen LogP contribution < -0.4 is 5.32 Å². The first-order chi connectivity index (χ1) is 24.9. The van der Waals surface area contributed by atoms with Gasteiger partial charge in [-0.3, -0.25) is 4.99 Å². The lowest BCUT2D eigenvalue weighted by molar-refractivity contribution is -0.356. The van der Waals surface area contributed by atoms with E-state index in [1.54, 1.807) is 0 Å². The van der Waals surface area contributed by atoms with Crippen molar-refractivity contribution in [1.82, 2.24) is 24.5 Å². The maximum absolute atomic E-state index is 15.7. The highest BCUT2D eigenvalue weighted by molar-refractivity contribution is 6.57. The van der Waals surface area contributed by atoms with Gasteiger partial charge >= 0.3 is 6.97 Å². The smallest absolute Gasteiger partial charge is 0.396 e. The summed E-state index contributed by atoms with van der Waals surface area (Å²) in [5.41, 5.74) is -6.84. The molecule has 0 bridgehead atoms. The molecule has 19 heteroatoms. The van der Waals surface area contributed by atoms with E-state index in [2.05, 4.69) is 25.6 Å². The molecule has 3 aromatic heterocycles. The highest BCUT2D eigenvalue weighted by Gasteiger charge is 2.52. The van der Waals surface area contributed by atoms with Gasteiger partial charge in [0.25, 0.3) is 0 Å². The number of halogens is 10. The molecule has 8 rings (SSSR count). The van der Waals surface area contributed by atoms with Crippen molar-refractivity contribution in [2.75, 3.05) is 5.32 Å². The Hall–Kier alpha value is -6.40. The third-order valence-electron chi connectivity index (χ3n) is 8.64. The van der Waals surface area contributed by atoms with Crippen molar-refractivity contribution in [3.8, 4) is 5.69 Å². The summed E-state index contributed by atoms with van der Waals surface area (Å²) in [5, 5.41) is 9.14. The molecule has 0 unspecified atom stereocenters. The standard InChI is InChI=1S/C33H17BF10N8/c35-24-22(20(16-5-1-9-45-16)17-6-2-10-46-17)25(36)29(40)32(28(24)39)47-13-15-14-52(49-48-15)33-30(41)26(37)23(27(38)31(33)42)21-18-7-3-11-50(18)34(43,44)51-12-4-8-19(21)51/h1-12,14,45,47H,13H2. The van der Waals surface area contributed by atoms with Crippen LogP contribution in [0, 0.1) is 46.5 Å². The molecule has 8 nitrogen and oxygen atoms in total. The van der Waals surface area contributed by atoms with Gasteiger partial charge in [-0.05, 0) is 42.6 Å². The predicted molar refractivity (Wildman–Crippen MR) is 169 cm³/mol. The van der Waals surface area contributed by atoms with Crippen molar-refractivity contribution < 1.29 is 48.2 Å². The Morgan fingerprint density at radius 1 is 0.846 bits per heavy atom. The fourth-order valence-corrected chi connectivity index (χ4v) is 6.32. The highest BCUT2D eigenvalue weighted by Crippen LogP contribution is 2.42. The van der Waals surface area contributed by atoms with Gasteiger partial charge in [-0.15, -0.1) is 5.10 Å². The lowest BCUT2D eigenvalue weighted by Crippen LogP contribution is -2.49. The zero-order valence-electron chi connectivity index (χ0n) is 25.8. The number of allylic oxidation sites excluding steroid dienone is 4. The third-order valence-corrected chi connectivity index (χ3v) is 8.64. The number of nitrogens with one attached hydrogen (secondary N) is 2. The Morgan fingerprint density at radius 3 is 2.23 bits per heavy atom. The quantitative estimate of drug-likeness (QED) is 0.106. The van der Waals surface area contributed by atoms with Crippen LogP contribution in [0.25, 0.3) is 16.8 Å². The molecule has 0 saturated heterocycles. The Kier molecular flexibility index (Phi) is 7.47. The van der Waals surface area contributed by atoms with Gasteiger partial charge in [0.2, 0.25) is 0 Å². The van der Waals surface area contributed by atoms with Gasteiger partial charge in [0.15, 0.2) is 52.2 Å². The summed E-state index contributed by atoms with van der Waals surface area (Å²) in [6.07, 6.45) is 10.5. The Morgan fingerprint density at radius 2 is 1.58 bits per heavy atom. The number of hydrogen-bond acceptors (Lipinski definition) is 4. The minimum absolute atomic E-state index is 0.0144. The van der Waals surface area contributed by atoms with Crippen LogP contribution >= 0.6 is 0 Å². The van der Waals surface area contributed by atoms with Gasteiger partial charge in [-0.2, -0.15) is 0 Å². The lowest BCUT2D eigenvalue weighted by atomic mass is 9.86. The molecular weight excluding hydrogens is 709 g/mol. The van der Waals surface area contributed by atoms with E-state index in [0.717, 1.165) is 30.8 Å². The van der Waals surface area contributed by atoms with Gasteiger partial charge in [-0.25, -0.2) is 39.8 Å². The first-order valence-corrected chi connectivity index (χ1v) is 15.1. The molecule has 2 N–H and O–H groups in total. The zero-order chi connectivity index (χ0) is 36.6. The summed E-state index contributed by atoms with van der Waals surface area (Å²) < 4.78 is 156. The number of aromatic nitrogens is 5. The van der Waals surface area contributed by atoms with Crippen LogP contribution in [0.15, 0.2) is 83.5 Å². The molecule has 0 radical (unpaired) electrons. The number of benzene rings is 2. The van der Waals surface area contributed by atoms with Crippen LogP contribution in [0.1, 0.15) is 28.2 Å². The number of hydrogen-bond donors (Lipinski definition) is 2. The van der Waals surface area contributed by atoms with E-state index in [1.165, 1.54) is 48.8 Å². The first-order valence-electron chi connectivity index (χ1n) is 15.1. The van der Waals surface area contributed by atoms with Crippen LogP contribution in [-0.4, -0.2) is 48.3 Å². The second kappa shape index (κ2) is 11.8. The number of fused-ring (bicyclic) bond motifs is 2. The molecule has 0 fully saturated rings. The molecule has 0 aliphatic carbocycles. The van der Waals surface area contributed by atoms with E-state index in [0.29, 0.717) is 8.96 Å². The Bertz CT molecular complexity index is 2470. The number of H-pyrrole nitrogens is 1. The molecule has 0 amide bonds. The van der Waals surface area contributed by atoms with Crippen LogP contribution in [-0.2, 0) is 6.54 Å². The molecule has 0 saturated carbocycles. The molecule has 52 heavy (non-hydrogen) atoms. The third kappa shape index (κ3) is 4.71. The zero-order valence-corrected chi connectivity index (χ0v) is 25.8. The van der Waals surface area contributed by atoms with Crippen molar-refractivity contribution >= 4 is 36.2 Å². The Balaban J connectivity index is 1.13. The van der Waals surface area contributed by atoms with E-state index >= 15 is 43.8 Å². The Labute approximate surface area is 284 Å². The van der Waals surface area contributed by atoms with E-state index in [4.69, 9.17) is 0 Å². The van der Waals surface area contributed by atoms with E-state index in [1.807, 2.05) is 0 Å². The van der Waals surface area contributed by atoms with E-state index in [9.17, 15) is 0 Å². The number of nitrogens with zero attached hydrogens (tertiary/aromatic N) is 6. The van der Waals surface area contributed by atoms with Crippen molar-refractivity contribution in [3.63, 3.8) is 0 Å². The summed E-state index contributed by atoms with van der Waals surface area (Å²) in [6.45, 7) is -5.25. The minimum Gasteiger partial charge on any atom is -0.396 e. The summed E-state index contributed by atoms with van der Waals surface area (Å²) in [5.74, 6) is -15.0. The first kappa shape index (κ1) is 32.8. The normalized spacial score (nSPS) is 16.5. The maximum Gasteiger partial charge on any atom is 0.737 e. The molecule has 3 aliphatic rings. The second-order valence-electron chi connectivity index (χ2n) is 11.5. The van der Waals surface area contributed by atoms with Gasteiger partial charge in [0.1, 0.15) is 23.3 Å².